The Bertz CT molecular complexity index is 321. The van der Waals surface area contributed by atoms with Crippen LogP contribution in [0.15, 0.2) is 0 Å². The molecule has 0 aromatic rings. The maximum atomic E-state index is 12.2. The molecular weight excluding hydrogens is 222 g/mol. The van der Waals surface area contributed by atoms with E-state index in [1.165, 1.54) is 4.90 Å². The lowest BCUT2D eigenvalue weighted by molar-refractivity contribution is -0.152. The lowest BCUT2D eigenvalue weighted by Crippen LogP contribution is -2.47. The van der Waals surface area contributed by atoms with Crippen LogP contribution in [0.2, 0.25) is 0 Å². The van der Waals surface area contributed by atoms with Gasteiger partial charge < -0.3 is 14.7 Å². The van der Waals surface area contributed by atoms with E-state index in [1.807, 2.05) is 6.92 Å². The molecule has 0 aromatic heterocycles. The highest BCUT2D eigenvalue weighted by molar-refractivity contribution is 5.87. The van der Waals surface area contributed by atoms with Gasteiger partial charge in [-0.2, -0.15) is 0 Å². The molecule has 5 nitrogen and oxygen atoms in total. The molecule has 1 saturated heterocycles. The van der Waals surface area contributed by atoms with Crippen molar-refractivity contribution in [3.05, 3.63) is 0 Å². The summed E-state index contributed by atoms with van der Waals surface area (Å²) in [6, 6.07) is -0.785. The normalized spacial score (nSPS) is 29.5. The molecule has 3 atom stereocenters. The van der Waals surface area contributed by atoms with Gasteiger partial charge in [0.2, 0.25) is 5.91 Å². The maximum Gasteiger partial charge on any atom is 0.326 e. The third-order valence-corrected chi connectivity index (χ3v) is 3.26. The van der Waals surface area contributed by atoms with Crippen molar-refractivity contribution in [2.24, 2.45) is 11.3 Å². The zero-order valence-electron chi connectivity index (χ0n) is 11.1. The Morgan fingerprint density at radius 3 is 2.24 bits per heavy atom. The van der Waals surface area contributed by atoms with Gasteiger partial charge in [-0.25, -0.2) is 4.79 Å². The molecule has 0 radical (unpaired) electrons. The van der Waals surface area contributed by atoms with Gasteiger partial charge in [0.15, 0.2) is 0 Å². The maximum absolute atomic E-state index is 12.2. The van der Waals surface area contributed by atoms with Crippen molar-refractivity contribution >= 4 is 11.9 Å². The summed E-state index contributed by atoms with van der Waals surface area (Å²) in [7, 11) is 1.55. The number of hydrogen-bond donors (Lipinski definition) is 1. The van der Waals surface area contributed by atoms with E-state index in [2.05, 4.69) is 0 Å². The van der Waals surface area contributed by atoms with Gasteiger partial charge in [0, 0.05) is 25.0 Å². The van der Waals surface area contributed by atoms with E-state index in [9.17, 15) is 14.7 Å². The molecule has 5 heteroatoms. The van der Waals surface area contributed by atoms with Crippen LogP contribution in [0.1, 0.15) is 27.7 Å². The lowest BCUT2D eigenvalue weighted by Gasteiger charge is -2.29. The number of amides is 1. The number of likely N-dealkylation sites (tertiary alicyclic amines) is 1. The average molecular weight is 243 g/mol. The second kappa shape index (κ2) is 4.64. The lowest BCUT2D eigenvalue weighted by atomic mass is 9.93. The van der Waals surface area contributed by atoms with Crippen LogP contribution in [0, 0.1) is 11.3 Å². The number of rotatable bonds is 2. The van der Waals surface area contributed by atoms with Gasteiger partial charge >= 0.3 is 5.97 Å². The quantitative estimate of drug-likeness (QED) is 0.785. The fourth-order valence-electron chi connectivity index (χ4n) is 2.25. The fraction of sp³-hybridized carbons (Fsp3) is 0.833. The third kappa shape index (κ3) is 2.60. The molecule has 1 fully saturated rings. The minimum atomic E-state index is -0.963. The van der Waals surface area contributed by atoms with Crippen LogP contribution < -0.4 is 0 Å². The number of ether oxygens (including phenoxy) is 1. The van der Waals surface area contributed by atoms with E-state index < -0.39 is 17.4 Å². The monoisotopic (exact) mass is 243 g/mol. The molecule has 0 bridgehead atoms. The van der Waals surface area contributed by atoms with Gasteiger partial charge in [-0.1, -0.05) is 27.7 Å². The first-order chi connectivity index (χ1) is 7.70. The largest absolute Gasteiger partial charge is 0.480 e. The highest BCUT2D eigenvalue weighted by Crippen LogP contribution is 2.30. The van der Waals surface area contributed by atoms with Crippen LogP contribution in [0.25, 0.3) is 0 Å². The fourth-order valence-corrected chi connectivity index (χ4v) is 2.25. The molecule has 0 aliphatic carbocycles. The SMILES string of the molecule is CO[C@@H]1CN(C(=O)C(C)(C)C)[C@H](C(=O)O)[C@H]1C. The first kappa shape index (κ1) is 14.0. The highest BCUT2D eigenvalue weighted by Gasteiger charge is 2.47. The van der Waals surface area contributed by atoms with Gasteiger partial charge in [0.1, 0.15) is 6.04 Å². The Hall–Kier alpha value is -1.10. The van der Waals surface area contributed by atoms with Crippen molar-refractivity contribution in [3.8, 4) is 0 Å². The zero-order chi connectivity index (χ0) is 13.4. The topological polar surface area (TPSA) is 66.8 Å². The summed E-state index contributed by atoms with van der Waals surface area (Å²) in [6.07, 6.45) is -0.206. The first-order valence-electron chi connectivity index (χ1n) is 5.76. The van der Waals surface area contributed by atoms with Gasteiger partial charge in [0.05, 0.1) is 6.10 Å². The van der Waals surface area contributed by atoms with E-state index in [0.717, 1.165) is 0 Å². The van der Waals surface area contributed by atoms with E-state index in [1.54, 1.807) is 27.9 Å². The van der Waals surface area contributed by atoms with E-state index >= 15 is 0 Å². The highest BCUT2D eigenvalue weighted by atomic mass is 16.5. The number of nitrogens with zero attached hydrogens (tertiary/aromatic N) is 1. The van der Waals surface area contributed by atoms with E-state index in [4.69, 9.17) is 4.74 Å². The minimum Gasteiger partial charge on any atom is -0.480 e. The van der Waals surface area contributed by atoms with Crippen molar-refractivity contribution in [3.63, 3.8) is 0 Å². The van der Waals surface area contributed by atoms with Crippen LogP contribution in [-0.4, -0.2) is 47.7 Å². The second-order valence-electron chi connectivity index (χ2n) is 5.62. The number of hydrogen-bond acceptors (Lipinski definition) is 3. The molecule has 0 unspecified atom stereocenters. The van der Waals surface area contributed by atoms with Crippen molar-refractivity contribution in [1.82, 2.24) is 4.90 Å². The van der Waals surface area contributed by atoms with Gasteiger partial charge in [-0.05, 0) is 0 Å². The smallest absolute Gasteiger partial charge is 0.326 e. The minimum absolute atomic E-state index is 0.142. The van der Waals surface area contributed by atoms with Crippen LogP contribution in [0.4, 0.5) is 0 Å². The Kier molecular flexibility index (Phi) is 3.81. The van der Waals surface area contributed by atoms with Crippen molar-refractivity contribution in [2.45, 2.75) is 39.8 Å². The number of aliphatic carboxylic acids is 1. The Balaban J connectivity index is 2.98. The van der Waals surface area contributed by atoms with Crippen molar-refractivity contribution < 1.29 is 19.4 Å². The Labute approximate surface area is 102 Å². The average Bonchev–Trinajstić information content (AvgIpc) is 2.52. The van der Waals surface area contributed by atoms with Gasteiger partial charge in [0.25, 0.3) is 0 Å². The number of methoxy groups -OCH3 is 1. The van der Waals surface area contributed by atoms with Crippen LogP contribution >= 0.6 is 0 Å². The molecule has 1 rings (SSSR count). The van der Waals surface area contributed by atoms with Crippen LogP contribution in [0.5, 0.6) is 0 Å². The van der Waals surface area contributed by atoms with Gasteiger partial charge in [-0.15, -0.1) is 0 Å². The van der Waals surface area contributed by atoms with Crippen LogP contribution in [0.3, 0.4) is 0 Å². The molecule has 0 aromatic carbocycles. The summed E-state index contributed by atoms with van der Waals surface area (Å²) in [5.74, 6) is -1.30. The summed E-state index contributed by atoms with van der Waals surface area (Å²) in [5, 5.41) is 9.23. The molecular formula is C12H21NO4. The molecule has 0 saturated carbocycles. The summed E-state index contributed by atoms with van der Waals surface area (Å²) in [5.41, 5.74) is -0.573. The molecule has 1 aliphatic rings. The summed E-state index contributed by atoms with van der Waals surface area (Å²) < 4.78 is 5.24. The van der Waals surface area contributed by atoms with E-state index in [-0.39, 0.29) is 17.9 Å². The second-order valence-corrected chi connectivity index (χ2v) is 5.62. The van der Waals surface area contributed by atoms with Gasteiger partial charge in [-0.3, -0.25) is 4.79 Å². The number of carboxylic acids is 1. The molecule has 1 N–H and O–H groups in total. The van der Waals surface area contributed by atoms with Crippen molar-refractivity contribution in [1.29, 1.82) is 0 Å². The molecule has 98 valence electrons. The van der Waals surface area contributed by atoms with Crippen molar-refractivity contribution in [2.75, 3.05) is 13.7 Å². The molecule has 0 spiro atoms. The molecule has 1 heterocycles. The molecule has 17 heavy (non-hydrogen) atoms. The first-order valence-corrected chi connectivity index (χ1v) is 5.76. The predicted molar refractivity (Wildman–Crippen MR) is 62.6 cm³/mol. The van der Waals surface area contributed by atoms with E-state index in [0.29, 0.717) is 6.54 Å². The number of carboxylic acid groups (broad SMARTS) is 1. The number of carbonyl (C=O) groups excluding carboxylic acids is 1. The van der Waals surface area contributed by atoms with Crippen LogP contribution in [-0.2, 0) is 14.3 Å². The Morgan fingerprint density at radius 2 is 1.88 bits per heavy atom. The summed E-state index contributed by atoms with van der Waals surface area (Å²) in [6.45, 7) is 7.53. The summed E-state index contributed by atoms with van der Waals surface area (Å²) in [4.78, 5) is 24.9. The number of carbonyl (C=O) groups is 2. The Morgan fingerprint density at radius 1 is 1.35 bits per heavy atom. The molecule has 1 amide bonds. The standard InChI is InChI=1S/C12H21NO4/c1-7-8(17-5)6-13(9(7)10(14)15)11(16)12(2,3)4/h7-9H,6H2,1-5H3,(H,14,15)/t7-,8+,9-/m0/s1. The molecule has 1 aliphatic heterocycles. The third-order valence-electron chi connectivity index (χ3n) is 3.26. The zero-order valence-corrected chi connectivity index (χ0v) is 11.1. The predicted octanol–water partition coefficient (Wildman–Crippen LogP) is 0.979. The summed E-state index contributed by atoms with van der Waals surface area (Å²) >= 11 is 0.